The number of hydrogen-bond acceptors (Lipinski definition) is 10. The third-order valence-corrected chi connectivity index (χ3v) is 8.73. The zero-order chi connectivity index (χ0) is 35.9. The van der Waals surface area contributed by atoms with Gasteiger partial charge in [-0.25, -0.2) is 23.4 Å². The van der Waals surface area contributed by atoms with E-state index in [9.17, 15) is 13.2 Å². The topological polar surface area (TPSA) is 155 Å². The number of carbonyl (C=O) groups excluding carboxylic acids is 1. The number of sulfonamides is 1. The number of benzene rings is 3. The maximum absolute atomic E-state index is 13.8. The number of ether oxygens (including phenoxy) is 3. The third kappa shape index (κ3) is 8.60. The summed E-state index contributed by atoms with van der Waals surface area (Å²) in [6.07, 6.45) is 2.92. The van der Waals surface area contributed by atoms with Gasteiger partial charge in [-0.2, -0.15) is 4.98 Å². The van der Waals surface area contributed by atoms with Crippen LogP contribution in [0.3, 0.4) is 0 Å². The Morgan fingerprint density at radius 1 is 0.860 bits per heavy atom. The maximum Gasteiger partial charge on any atom is 0.263 e. The Kier molecular flexibility index (Phi) is 10.8. The smallest absolute Gasteiger partial charge is 0.263 e. The SMILES string of the molecule is C=C(C)c1ccccc1NC(=O)CCOc1nc(-c2ncccn2)nc(NS(=O)(=O)c2ccc(C(C)(C)C)cc2)c1Oc1ccccc1OC. The van der Waals surface area contributed by atoms with Crippen molar-refractivity contribution in [3.8, 4) is 34.8 Å². The van der Waals surface area contributed by atoms with Crippen molar-refractivity contribution >= 4 is 33.0 Å². The molecule has 0 saturated heterocycles. The van der Waals surface area contributed by atoms with E-state index >= 15 is 0 Å². The van der Waals surface area contributed by atoms with E-state index in [2.05, 4.69) is 36.6 Å². The first-order chi connectivity index (χ1) is 23.9. The predicted octanol–water partition coefficient (Wildman–Crippen LogP) is 7.27. The lowest BCUT2D eigenvalue weighted by Gasteiger charge is -2.20. The minimum Gasteiger partial charge on any atom is -0.493 e. The number of nitrogens with zero attached hydrogens (tertiary/aromatic N) is 4. The standard InChI is InChI=1S/C37H38N6O6S/c1-24(2)27-12-7-8-13-28(27)40-31(44)20-23-48-36-32(49-30-15-10-9-14-29(30)47-6)33(41-35(42-36)34-38-21-11-22-39-34)43-50(45,46)26-18-16-25(17-19-26)37(3,4)5/h7-19,21-22H,1,20,23H2,2-6H3,(H,40,44)(H,41,42,43). The first kappa shape index (κ1) is 35.5. The fourth-order valence-corrected chi connectivity index (χ4v) is 5.76. The molecule has 0 saturated carbocycles. The molecule has 0 fully saturated rings. The van der Waals surface area contributed by atoms with E-state index in [-0.39, 0.29) is 64.1 Å². The van der Waals surface area contributed by atoms with Crippen LogP contribution < -0.4 is 24.2 Å². The summed E-state index contributed by atoms with van der Waals surface area (Å²) in [7, 11) is -2.75. The van der Waals surface area contributed by atoms with Gasteiger partial charge in [-0.15, -0.1) is 0 Å². The van der Waals surface area contributed by atoms with Gasteiger partial charge in [0.1, 0.15) is 0 Å². The summed E-state index contributed by atoms with van der Waals surface area (Å²) in [5, 5.41) is 2.89. The molecular formula is C37H38N6O6S. The monoisotopic (exact) mass is 694 g/mol. The molecule has 0 atom stereocenters. The van der Waals surface area contributed by atoms with Gasteiger partial charge in [0.05, 0.1) is 25.0 Å². The number of methoxy groups -OCH3 is 1. The summed E-state index contributed by atoms with van der Waals surface area (Å²) < 4.78 is 48.0. The fourth-order valence-electron chi connectivity index (χ4n) is 4.75. The lowest BCUT2D eigenvalue weighted by molar-refractivity contribution is -0.116. The van der Waals surface area contributed by atoms with Gasteiger partial charge in [-0.05, 0) is 59.9 Å². The Balaban J connectivity index is 1.54. The highest BCUT2D eigenvalue weighted by molar-refractivity contribution is 7.92. The quantitative estimate of drug-likeness (QED) is 0.129. The van der Waals surface area contributed by atoms with Crippen molar-refractivity contribution in [2.75, 3.05) is 23.8 Å². The van der Waals surface area contributed by atoms with Gasteiger partial charge < -0.3 is 19.5 Å². The van der Waals surface area contributed by atoms with Gasteiger partial charge in [0, 0.05) is 23.6 Å². The van der Waals surface area contributed by atoms with Gasteiger partial charge in [0.15, 0.2) is 23.1 Å². The van der Waals surface area contributed by atoms with Crippen molar-refractivity contribution in [3.05, 3.63) is 109 Å². The van der Waals surface area contributed by atoms with E-state index in [0.717, 1.165) is 16.7 Å². The Morgan fingerprint density at radius 3 is 2.18 bits per heavy atom. The first-order valence-corrected chi connectivity index (χ1v) is 17.2. The van der Waals surface area contributed by atoms with Crippen molar-refractivity contribution in [2.45, 2.75) is 44.4 Å². The minimum atomic E-state index is -4.22. The number of allylic oxidation sites excluding steroid dienone is 1. The van der Waals surface area contributed by atoms with Gasteiger partial charge in [0.2, 0.25) is 17.5 Å². The van der Waals surface area contributed by atoms with Crippen LogP contribution in [0.25, 0.3) is 17.2 Å². The molecule has 0 spiro atoms. The molecule has 0 aliphatic heterocycles. The highest BCUT2D eigenvalue weighted by Crippen LogP contribution is 2.41. The van der Waals surface area contributed by atoms with Crippen LogP contribution in [0.5, 0.6) is 23.1 Å². The van der Waals surface area contributed by atoms with Crippen molar-refractivity contribution in [1.29, 1.82) is 0 Å². The average Bonchev–Trinajstić information content (AvgIpc) is 3.09. The summed E-state index contributed by atoms with van der Waals surface area (Å²) in [6, 6.07) is 22.3. The molecule has 2 N–H and O–H groups in total. The number of aromatic nitrogens is 4. The van der Waals surface area contributed by atoms with Crippen LogP contribution in [0.4, 0.5) is 11.5 Å². The Bertz CT molecular complexity index is 2100. The molecule has 0 radical (unpaired) electrons. The van der Waals surface area contributed by atoms with Crippen LogP contribution in [0, 0.1) is 0 Å². The molecule has 258 valence electrons. The molecule has 0 aliphatic carbocycles. The lowest BCUT2D eigenvalue weighted by Crippen LogP contribution is -2.18. The van der Waals surface area contributed by atoms with Gasteiger partial charge in [0.25, 0.3) is 15.9 Å². The minimum absolute atomic E-state index is 0.000883. The van der Waals surface area contributed by atoms with E-state index in [0.29, 0.717) is 11.4 Å². The molecule has 13 heteroatoms. The lowest BCUT2D eigenvalue weighted by atomic mass is 9.87. The van der Waals surface area contributed by atoms with Crippen LogP contribution in [-0.4, -0.2) is 48.0 Å². The molecule has 0 aliphatic rings. The summed E-state index contributed by atoms with van der Waals surface area (Å²) in [5.74, 6) is -0.262. The van der Waals surface area contributed by atoms with Gasteiger partial charge in [-0.1, -0.05) is 69.8 Å². The molecule has 2 heterocycles. The van der Waals surface area contributed by atoms with E-state index in [1.54, 1.807) is 48.5 Å². The van der Waals surface area contributed by atoms with Crippen LogP contribution in [-0.2, 0) is 20.2 Å². The number of amides is 1. The summed E-state index contributed by atoms with van der Waals surface area (Å²) in [6.45, 7) is 11.8. The molecular weight excluding hydrogens is 657 g/mol. The predicted molar refractivity (Wildman–Crippen MR) is 192 cm³/mol. The van der Waals surface area contributed by atoms with Crippen molar-refractivity contribution in [2.24, 2.45) is 0 Å². The Labute approximate surface area is 291 Å². The Hall–Kier alpha value is -5.82. The highest BCUT2D eigenvalue weighted by Gasteiger charge is 2.27. The summed E-state index contributed by atoms with van der Waals surface area (Å²) in [5.41, 5.74) is 3.00. The number of carbonyl (C=O) groups is 1. The number of rotatable bonds is 13. The van der Waals surface area contributed by atoms with E-state index in [1.807, 2.05) is 45.9 Å². The van der Waals surface area contributed by atoms with E-state index in [1.165, 1.54) is 31.6 Å². The fraction of sp³-hybridized carbons (Fsp3) is 0.216. The molecule has 1 amide bonds. The highest BCUT2D eigenvalue weighted by atomic mass is 32.2. The van der Waals surface area contributed by atoms with E-state index < -0.39 is 10.0 Å². The summed E-state index contributed by atoms with van der Waals surface area (Å²) in [4.78, 5) is 30.5. The van der Waals surface area contributed by atoms with Gasteiger partial charge in [-0.3, -0.25) is 9.52 Å². The molecule has 2 aromatic heterocycles. The number of anilines is 2. The average molecular weight is 695 g/mol. The van der Waals surface area contributed by atoms with E-state index in [4.69, 9.17) is 14.2 Å². The van der Waals surface area contributed by atoms with Crippen molar-refractivity contribution < 1.29 is 27.4 Å². The molecule has 5 aromatic rings. The molecule has 5 rings (SSSR count). The molecule has 12 nitrogen and oxygen atoms in total. The number of hydrogen-bond donors (Lipinski definition) is 2. The first-order valence-electron chi connectivity index (χ1n) is 15.7. The third-order valence-electron chi connectivity index (χ3n) is 7.37. The van der Waals surface area contributed by atoms with Crippen LogP contribution in [0.1, 0.15) is 45.2 Å². The maximum atomic E-state index is 13.8. The van der Waals surface area contributed by atoms with Gasteiger partial charge >= 0.3 is 0 Å². The van der Waals surface area contributed by atoms with Crippen LogP contribution in [0.2, 0.25) is 0 Å². The second kappa shape index (κ2) is 15.2. The number of nitrogens with one attached hydrogen (secondary N) is 2. The van der Waals surface area contributed by atoms with Crippen LogP contribution >= 0.6 is 0 Å². The zero-order valence-corrected chi connectivity index (χ0v) is 29.2. The molecule has 0 unspecified atom stereocenters. The largest absolute Gasteiger partial charge is 0.493 e. The number of para-hydroxylation sites is 3. The molecule has 0 bridgehead atoms. The van der Waals surface area contributed by atoms with Crippen molar-refractivity contribution in [3.63, 3.8) is 0 Å². The summed E-state index contributed by atoms with van der Waals surface area (Å²) >= 11 is 0. The Morgan fingerprint density at radius 2 is 1.52 bits per heavy atom. The molecule has 50 heavy (non-hydrogen) atoms. The normalized spacial score (nSPS) is 11.4. The zero-order valence-electron chi connectivity index (χ0n) is 28.4. The second-order valence-electron chi connectivity index (χ2n) is 12.2. The van der Waals surface area contributed by atoms with Crippen LogP contribution in [0.15, 0.2) is 103 Å². The molecule has 3 aromatic carbocycles. The second-order valence-corrected chi connectivity index (χ2v) is 13.9. The van der Waals surface area contributed by atoms with Crippen molar-refractivity contribution in [1.82, 2.24) is 19.9 Å².